The predicted molar refractivity (Wildman–Crippen MR) is 92.5 cm³/mol. The highest BCUT2D eigenvalue weighted by atomic mass is 19.4. The molecule has 1 aromatic rings. The number of carbonyl (C=O) groups excluding carboxylic acids is 2. The van der Waals surface area contributed by atoms with Gasteiger partial charge in [0.2, 0.25) is 11.8 Å². The van der Waals surface area contributed by atoms with Gasteiger partial charge in [0.05, 0.1) is 30.4 Å². The number of rotatable bonds is 7. The fraction of sp³-hybridized carbons (Fsp3) is 0.500. The molecule has 0 unspecified atom stereocenters. The van der Waals surface area contributed by atoms with Crippen molar-refractivity contribution in [2.24, 2.45) is 5.92 Å². The lowest BCUT2D eigenvalue weighted by Gasteiger charge is -2.24. The maximum absolute atomic E-state index is 13.0. The molecule has 2 rings (SSSR count). The maximum Gasteiger partial charge on any atom is 0.418 e. The Bertz CT molecular complexity index is 756. The Kier molecular flexibility index (Phi) is 6.11. The summed E-state index contributed by atoms with van der Waals surface area (Å²) in [5, 5.41) is 14.1. The lowest BCUT2D eigenvalue weighted by molar-refractivity contribution is -0.137. The van der Waals surface area contributed by atoms with E-state index in [9.17, 15) is 28.0 Å². The molecule has 0 aliphatic heterocycles. The number of benzene rings is 1. The van der Waals surface area contributed by atoms with Crippen molar-refractivity contribution < 1.29 is 22.8 Å². The van der Waals surface area contributed by atoms with E-state index in [2.05, 4.69) is 16.7 Å². The first-order chi connectivity index (χ1) is 12.5. The topological polar surface area (TPSA) is 85.2 Å². The molecule has 1 aliphatic rings. The van der Waals surface area contributed by atoms with E-state index in [1.165, 1.54) is 30.1 Å². The molecule has 146 valence electrons. The average Bonchev–Trinajstić information content (AvgIpc) is 3.39. The van der Waals surface area contributed by atoms with Gasteiger partial charge in [-0.3, -0.25) is 14.5 Å². The van der Waals surface area contributed by atoms with Crippen molar-refractivity contribution in [2.45, 2.75) is 31.5 Å². The van der Waals surface area contributed by atoms with Crippen molar-refractivity contribution in [1.29, 1.82) is 5.26 Å². The number of nitrogens with zero attached hydrogens (tertiary/aromatic N) is 2. The number of para-hydroxylation sites is 1. The first-order valence-electron chi connectivity index (χ1n) is 8.42. The van der Waals surface area contributed by atoms with Crippen molar-refractivity contribution in [2.75, 3.05) is 25.5 Å². The second-order valence-electron chi connectivity index (χ2n) is 6.90. The molecule has 1 atom stereocenters. The number of anilines is 1. The first kappa shape index (κ1) is 20.7. The van der Waals surface area contributed by atoms with Crippen LogP contribution in [0.1, 0.15) is 25.3 Å². The Morgan fingerprint density at radius 1 is 1.22 bits per heavy atom. The Labute approximate surface area is 155 Å². The molecule has 0 radical (unpaired) electrons. The standard InChI is InChI=1S/C18H21F3N4O2/c1-17(11-22,12-7-8-12)24-16(27)10-25(2)9-15(26)23-14-6-4-3-5-13(14)18(19,20)21/h3-6,12H,7-10H2,1-2H3,(H,23,26)(H,24,27)/t17-/m1/s1. The molecule has 1 saturated carbocycles. The van der Waals surface area contributed by atoms with E-state index >= 15 is 0 Å². The van der Waals surface area contributed by atoms with E-state index in [4.69, 9.17) is 0 Å². The van der Waals surface area contributed by atoms with Crippen LogP contribution in [-0.2, 0) is 15.8 Å². The normalized spacial score (nSPS) is 16.3. The third-order valence-corrected chi connectivity index (χ3v) is 4.36. The summed E-state index contributed by atoms with van der Waals surface area (Å²) in [5.41, 5.74) is -2.21. The lowest BCUT2D eigenvalue weighted by Crippen LogP contribution is -2.50. The zero-order valence-corrected chi connectivity index (χ0v) is 15.1. The molecule has 0 saturated heterocycles. The molecule has 0 aromatic heterocycles. The van der Waals surface area contributed by atoms with Gasteiger partial charge in [0.15, 0.2) is 0 Å². The third kappa shape index (κ3) is 5.69. The van der Waals surface area contributed by atoms with Crippen LogP contribution >= 0.6 is 0 Å². The van der Waals surface area contributed by atoms with Crippen LogP contribution in [0.2, 0.25) is 0 Å². The monoisotopic (exact) mass is 382 g/mol. The molecule has 1 fully saturated rings. The van der Waals surface area contributed by atoms with E-state index in [1.807, 2.05) is 0 Å². The van der Waals surface area contributed by atoms with Gasteiger partial charge < -0.3 is 10.6 Å². The summed E-state index contributed by atoms with van der Waals surface area (Å²) in [6.45, 7) is 1.23. The molecule has 1 aliphatic carbocycles. The van der Waals surface area contributed by atoms with E-state index in [-0.39, 0.29) is 24.7 Å². The van der Waals surface area contributed by atoms with Gasteiger partial charge in [0.25, 0.3) is 0 Å². The summed E-state index contributed by atoms with van der Waals surface area (Å²) < 4.78 is 38.9. The van der Waals surface area contributed by atoms with E-state index in [0.29, 0.717) is 0 Å². The quantitative estimate of drug-likeness (QED) is 0.758. The highest BCUT2D eigenvalue weighted by Gasteiger charge is 2.43. The molecular weight excluding hydrogens is 361 g/mol. The number of hydrogen-bond acceptors (Lipinski definition) is 4. The second kappa shape index (κ2) is 7.96. The summed E-state index contributed by atoms with van der Waals surface area (Å²) in [5.74, 6) is -0.969. The Morgan fingerprint density at radius 3 is 2.37 bits per heavy atom. The van der Waals surface area contributed by atoms with Crippen molar-refractivity contribution in [1.82, 2.24) is 10.2 Å². The fourth-order valence-corrected chi connectivity index (χ4v) is 2.79. The zero-order chi connectivity index (χ0) is 20.2. The molecule has 2 N–H and O–H groups in total. The van der Waals surface area contributed by atoms with Crippen LogP contribution in [0.15, 0.2) is 24.3 Å². The number of alkyl halides is 3. The maximum atomic E-state index is 13.0. The molecule has 2 amide bonds. The van der Waals surface area contributed by atoms with Crippen molar-refractivity contribution in [3.05, 3.63) is 29.8 Å². The Balaban J connectivity index is 1.89. The minimum absolute atomic E-state index is 0.124. The largest absolute Gasteiger partial charge is 0.418 e. The van der Waals surface area contributed by atoms with Gasteiger partial charge in [0.1, 0.15) is 5.54 Å². The predicted octanol–water partition coefficient (Wildman–Crippen LogP) is 2.38. The average molecular weight is 382 g/mol. The van der Waals surface area contributed by atoms with Gasteiger partial charge in [-0.15, -0.1) is 0 Å². The molecule has 9 heteroatoms. The molecule has 0 spiro atoms. The fourth-order valence-electron chi connectivity index (χ4n) is 2.79. The Hall–Kier alpha value is -2.60. The summed E-state index contributed by atoms with van der Waals surface area (Å²) in [4.78, 5) is 25.5. The summed E-state index contributed by atoms with van der Waals surface area (Å²) in [6, 6.07) is 6.78. The zero-order valence-electron chi connectivity index (χ0n) is 15.1. The smallest absolute Gasteiger partial charge is 0.337 e. The molecule has 1 aromatic carbocycles. The van der Waals surface area contributed by atoms with Crippen LogP contribution < -0.4 is 10.6 Å². The summed E-state index contributed by atoms with van der Waals surface area (Å²) in [7, 11) is 1.50. The van der Waals surface area contributed by atoms with Crippen LogP contribution in [-0.4, -0.2) is 42.4 Å². The van der Waals surface area contributed by atoms with Gasteiger partial charge in [0, 0.05) is 0 Å². The minimum atomic E-state index is -4.58. The second-order valence-corrected chi connectivity index (χ2v) is 6.90. The minimum Gasteiger partial charge on any atom is -0.337 e. The number of halogens is 3. The Morgan fingerprint density at radius 2 is 1.81 bits per heavy atom. The number of nitrogens with one attached hydrogen (secondary N) is 2. The summed E-state index contributed by atoms with van der Waals surface area (Å²) >= 11 is 0. The SMILES string of the molecule is CN(CC(=O)Nc1ccccc1C(F)(F)F)CC(=O)N[C@](C)(C#N)C1CC1. The van der Waals surface area contributed by atoms with Crippen LogP contribution in [0.5, 0.6) is 0 Å². The highest BCUT2D eigenvalue weighted by Crippen LogP contribution is 2.39. The number of amides is 2. The molecule has 6 nitrogen and oxygen atoms in total. The summed E-state index contributed by atoms with van der Waals surface area (Å²) in [6.07, 6.45) is -2.83. The lowest BCUT2D eigenvalue weighted by atomic mass is 9.98. The first-order valence-corrected chi connectivity index (χ1v) is 8.42. The van der Waals surface area contributed by atoms with Crippen LogP contribution in [0, 0.1) is 17.2 Å². The van der Waals surface area contributed by atoms with Crippen molar-refractivity contribution in [3.63, 3.8) is 0 Å². The molecule has 0 heterocycles. The van der Waals surface area contributed by atoms with Crippen LogP contribution in [0.3, 0.4) is 0 Å². The van der Waals surface area contributed by atoms with Gasteiger partial charge in [-0.05, 0) is 44.9 Å². The van der Waals surface area contributed by atoms with Gasteiger partial charge in [-0.2, -0.15) is 18.4 Å². The molecular formula is C18H21F3N4O2. The van der Waals surface area contributed by atoms with Gasteiger partial charge in [-0.1, -0.05) is 12.1 Å². The molecule has 27 heavy (non-hydrogen) atoms. The number of likely N-dealkylation sites (N-methyl/N-ethyl adjacent to an activating group) is 1. The number of hydrogen-bond donors (Lipinski definition) is 2. The number of carbonyl (C=O) groups is 2. The van der Waals surface area contributed by atoms with Crippen molar-refractivity contribution in [3.8, 4) is 6.07 Å². The number of nitriles is 1. The van der Waals surface area contributed by atoms with E-state index in [1.54, 1.807) is 6.92 Å². The molecule has 0 bridgehead atoms. The highest BCUT2D eigenvalue weighted by molar-refractivity contribution is 5.93. The van der Waals surface area contributed by atoms with Crippen LogP contribution in [0.25, 0.3) is 0 Å². The third-order valence-electron chi connectivity index (χ3n) is 4.36. The van der Waals surface area contributed by atoms with Crippen LogP contribution in [0.4, 0.5) is 18.9 Å². The van der Waals surface area contributed by atoms with E-state index < -0.39 is 29.1 Å². The van der Waals surface area contributed by atoms with Gasteiger partial charge in [-0.25, -0.2) is 0 Å². The van der Waals surface area contributed by atoms with Crippen molar-refractivity contribution >= 4 is 17.5 Å². The van der Waals surface area contributed by atoms with Gasteiger partial charge >= 0.3 is 6.18 Å². The van der Waals surface area contributed by atoms with E-state index in [0.717, 1.165) is 18.9 Å².